The zero-order valence-corrected chi connectivity index (χ0v) is 11.5. The molecule has 19 heavy (non-hydrogen) atoms. The second-order valence-electron chi connectivity index (χ2n) is 5.05. The highest BCUT2D eigenvalue weighted by Crippen LogP contribution is 2.19. The molecule has 0 bridgehead atoms. The number of aryl methyl sites for hydroxylation is 1. The van der Waals surface area contributed by atoms with Gasteiger partial charge >= 0.3 is 0 Å². The fourth-order valence-corrected chi connectivity index (χ4v) is 1.77. The van der Waals surface area contributed by atoms with E-state index in [2.05, 4.69) is 0 Å². The van der Waals surface area contributed by atoms with Gasteiger partial charge in [0.05, 0.1) is 6.54 Å². The van der Waals surface area contributed by atoms with Crippen molar-refractivity contribution in [1.29, 1.82) is 0 Å². The molecule has 0 radical (unpaired) electrons. The normalized spacial score (nSPS) is 10.5. The van der Waals surface area contributed by atoms with Gasteiger partial charge in [-0.15, -0.1) is 0 Å². The van der Waals surface area contributed by atoms with Crippen LogP contribution in [0.1, 0.15) is 29.8 Å². The van der Waals surface area contributed by atoms with Gasteiger partial charge in [0, 0.05) is 12.1 Å². The summed E-state index contributed by atoms with van der Waals surface area (Å²) in [6, 6.07) is 4.71. The van der Waals surface area contributed by atoms with Crippen LogP contribution in [0.4, 0.5) is 0 Å². The number of phenols is 1. The number of nitrogens with zero attached hydrogens (tertiary/aromatic N) is 1. The van der Waals surface area contributed by atoms with Gasteiger partial charge in [0.2, 0.25) is 5.91 Å². The lowest BCUT2D eigenvalue weighted by Crippen LogP contribution is -2.40. The highest BCUT2D eigenvalue weighted by atomic mass is 16.3. The average molecular weight is 264 g/mol. The number of phenolic OH excluding ortho intramolecular Hbond substituents is 1. The number of rotatable bonds is 5. The van der Waals surface area contributed by atoms with Crippen molar-refractivity contribution >= 4 is 11.8 Å². The Hall–Kier alpha value is -2.04. The minimum atomic E-state index is -0.551. The van der Waals surface area contributed by atoms with Crippen LogP contribution in [0.2, 0.25) is 0 Å². The summed E-state index contributed by atoms with van der Waals surface area (Å²) < 4.78 is 0. The predicted octanol–water partition coefficient (Wildman–Crippen LogP) is 1.28. The van der Waals surface area contributed by atoms with E-state index >= 15 is 0 Å². The van der Waals surface area contributed by atoms with E-state index < -0.39 is 5.91 Å². The molecule has 0 aliphatic heterocycles. The van der Waals surface area contributed by atoms with E-state index in [4.69, 9.17) is 5.73 Å². The molecule has 0 unspecified atom stereocenters. The number of carbonyl (C=O) groups is 2. The van der Waals surface area contributed by atoms with Crippen LogP contribution in [0.25, 0.3) is 0 Å². The van der Waals surface area contributed by atoms with E-state index in [-0.39, 0.29) is 24.1 Å². The first kappa shape index (κ1) is 15.0. The van der Waals surface area contributed by atoms with Gasteiger partial charge in [-0.1, -0.05) is 19.9 Å². The van der Waals surface area contributed by atoms with E-state index in [9.17, 15) is 14.7 Å². The van der Waals surface area contributed by atoms with Crippen LogP contribution < -0.4 is 5.73 Å². The van der Waals surface area contributed by atoms with E-state index in [0.29, 0.717) is 17.7 Å². The van der Waals surface area contributed by atoms with Gasteiger partial charge in [-0.3, -0.25) is 9.59 Å². The molecular formula is C14H20N2O3. The molecule has 0 atom stereocenters. The first-order chi connectivity index (χ1) is 8.81. The summed E-state index contributed by atoms with van der Waals surface area (Å²) in [5.74, 6) is -0.565. The van der Waals surface area contributed by atoms with E-state index in [1.165, 1.54) is 11.0 Å². The fourth-order valence-electron chi connectivity index (χ4n) is 1.77. The van der Waals surface area contributed by atoms with Crippen LogP contribution in [0, 0.1) is 12.8 Å². The Morgan fingerprint density at radius 1 is 1.37 bits per heavy atom. The van der Waals surface area contributed by atoms with Crippen molar-refractivity contribution in [3.63, 3.8) is 0 Å². The highest BCUT2D eigenvalue weighted by molar-refractivity contribution is 5.96. The zero-order chi connectivity index (χ0) is 14.6. The van der Waals surface area contributed by atoms with Crippen LogP contribution >= 0.6 is 0 Å². The van der Waals surface area contributed by atoms with Crippen LogP contribution in [0.15, 0.2) is 18.2 Å². The third kappa shape index (κ3) is 4.28. The zero-order valence-electron chi connectivity index (χ0n) is 11.5. The monoisotopic (exact) mass is 264 g/mol. The molecule has 0 fully saturated rings. The van der Waals surface area contributed by atoms with E-state index in [1.807, 2.05) is 13.8 Å². The van der Waals surface area contributed by atoms with Crippen LogP contribution in [-0.2, 0) is 4.79 Å². The maximum absolute atomic E-state index is 12.3. The van der Waals surface area contributed by atoms with Gasteiger partial charge < -0.3 is 15.7 Å². The Morgan fingerprint density at radius 2 is 2.00 bits per heavy atom. The van der Waals surface area contributed by atoms with Crippen molar-refractivity contribution in [2.24, 2.45) is 11.7 Å². The number of hydrogen-bond donors (Lipinski definition) is 2. The molecule has 1 aromatic carbocycles. The predicted molar refractivity (Wildman–Crippen MR) is 72.8 cm³/mol. The number of amides is 2. The maximum Gasteiger partial charge on any atom is 0.254 e. The molecule has 0 aliphatic carbocycles. The summed E-state index contributed by atoms with van der Waals surface area (Å²) in [6.45, 7) is 5.97. The Morgan fingerprint density at radius 3 is 2.47 bits per heavy atom. The van der Waals surface area contributed by atoms with Crippen LogP contribution in [0.5, 0.6) is 5.75 Å². The molecule has 0 aliphatic rings. The molecule has 5 heteroatoms. The fraction of sp³-hybridized carbons (Fsp3) is 0.429. The van der Waals surface area contributed by atoms with Gasteiger partial charge in [0.1, 0.15) is 5.75 Å². The van der Waals surface area contributed by atoms with Crippen LogP contribution in [-0.4, -0.2) is 34.9 Å². The SMILES string of the molecule is Cc1ccc(C(=O)N(CC(N)=O)CC(C)C)cc1O. The smallest absolute Gasteiger partial charge is 0.254 e. The van der Waals surface area contributed by atoms with Crippen molar-refractivity contribution in [1.82, 2.24) is 4.90 Å². The second kappa shape index (κ2) is 6.22. The van der Waals surface area contributed by atoms with Gasteiger partial charge in [-0.05, 0) is 30.5 Å². The van der Waals surface area contributed by atoms with Gasteiger partial charge in [-0.2, -0.15) is 0 Å². The average Bonchev–Trinajstić information content (AvgIpc) is 2.29. The van der Waals surface area contributed by atoms with E-state index in [1.54, 1.807) is 19.1 Å². The summed E-state index contributed by atoms with van der Waals surface area (Å²) in [7, 11) is 0. The molecule has 5 nitrogen and oxygen atoms in total. The number of hydrogen-bond acceptors (Lipinski definition) is 3. The lowest BCUT2D eigenvalue weighted by molar-refractivity contribution is -0.118. The summed E-state index contributed by atoms with van der Waals surface area (Å²) in [5.41, 5.74) is 6.20. The van der Waals surface area contributed by atoms with E-state index in [0.717, 1.165) is 0 Å². The molecule has 0 aromatic heterocycles. The summed E-state index contributed by atoms with van der Waals surface area (Å²) in [5, 5.41) is 9.63. The Labute approximate surface area is 113 Å². The third-order valence-electron chi connectivity index (χ3n) is 2.68. The number of carbonyl (C=O) groups excluding carboxylic acids is 2. The lowest BCUT2D eigenvalue weighted by Gasteiger charge is -2.23. The first-order valence-corrected chi connectivity index (χ1v) is 6.18. The van der Waals surface area contributed by atoms with Crippen LogP contribution in [0.3, 0.4) is 0 Å². The molecule has 104 valence electrons. The lowest BCUT2D eigenvalue weighted by atomic mass is 10.1. The minimum Gasteiger partial charge on any atom is -0.508 e. The summed E-state index contributed by atoms with van der Waals surface area (Å²) >= 11 is 0. The number of primary amides is 1. The second-order valence-corrected chi connectivity index (χ2v) is 5.05. The minimum absolute atomic E-state index is 0.0643. The molecule has 1 rings (SSSR count). The van der Waals surface area contributed by atoms with Gasteiger partial charge in [-0.25, -0.2) is 0 Å². The maximum atomic E-state index is 12.3. The Bertz CT molecular complexity index is 484. The molecular weight excluding hydrogens is 244 g/mol. The van der Waals surface area contributed by atoms with Gasteiger partial charge in [0.25, 0.3) is 5.91 Å². The topological polar surface area (TPSA) is 83.6 Å². The van der Waals surface area contributed by atoms with Crippen molar-refractivity contribution in [2.45, 2.75) is 20.8 Å². The largest absolute Gasteiger partial charge is 0.508 e. The molecule has 0 spiro atoms. The number of benzene rings is 1. The number of nitrogens with two attached hydrogens (primary N) is 1. The van der Waals surface area contributed by atoms with Crippen molar-refractivity contribution in [2.75, 3.05) is 13.1 Å². The third-order valence-corrected chi connectivity index (χ3v) is 2.68. The van der Waals surface area contributed by atoms with Crippen molar-refractivity contribution in [3.05, 3.63) is 29.3 Å². The number of aromatic hydroxyl groups is 1. The molecule has 0 saturated carbocycles. The van der Waals surface area contributed by atoms with Gasteiger partial charge in [0.15, 0.2) is 0 Å². The highest BCUT2D eigenvalue weighted by Gasteiger charge is 2.19. The molecule has 1 aromatic rings. The Kier molecular flexibility index (Phi) is 4.92. The van der Waals surface area contributed by atoms with Crippen molar-refractivity contribution < 1.29 is 14.7 Å². The standard InChI is InChI=1S/C14H20N2O3/c1-9(2)7-16(8-13(15)18)14(19)11-5-4-10(3)12(17)6-11/h4-6,9,17H,7-8H2,1-3H3,(H2,15,18). The Balaban J connectivity index is 2.97. The molecule has 0 heterocycles. The first-order valence-electron chi connectivity index (χ1n) is 6.18. The molecule has 3 N–H and O–H groups in total. The molecule has 2 amide bonds. The molecule has 0 saturated heterocycles. The summed E-state index contributed by atoms with van der Waals surface area (Å²) in [6.07, 6.45) is 0. The summed E-state index contributed by atoms with van der Waals surface area (Å²) in [4.78, 5) is 24.7. The van der Waals surface area contributed by atoms with Crippen molar-refractivity contribution in [3.8, 4) is 5.75 Å². The quantitative estimate of drug-likeness (QED) is 0.840.